The Morgan fingerprint density at radius 2 is 1.92 bits per heavy atom. The smallest absolute Gasteiger partial charge is 0.275 e. The van der Waals surface area contributed by atoms with Gasteiger partial charge in [-0.1, -0.05) is 0 Å². The second-order valence-electron chi connectivity index (χ2n) is 6.22. The molecule has 0 saturated carbocycles. The number of nitrogens with one attached hydrogen (secondary N) is 1. The van der Waals surface area contributed by atoms with Crippen LogP contribution in [0.15, 0.2) is 42.7 Å². The van der Waals surface area contributed by atoms with Crippen molar-refractivity contribution in [2.45, 2.75) is 27.7 Å². The van der Waals surface area contributed by atoms with Gasteiger partial charge in [-0.15, -0.1) is 0 Å². The Morgan fingerprint density at radius 1 is 1.16 bits per heavy atom. The van der Waals surface area contributed by atoms with Crippen LogP contribution in [0.2, 0.25) is 0 Å². The molecule has 5 nitrogen and oxygen atoms in total. The lowest BCUT2D eigenvalue weighted by Gasteiger charge is -2.22. The number of imidazole rings is 1. The van der Waals surface area contributed by atoms with E-state index in [0.717, 1.165) is 35.6 Å². The second-order valence-corrected chi connectivity index (χ2v) is 6.22. The lowest BCUT2D eigenvalue weighted by atomic mass is 10.1. The van der Waals surface area contributed by atoms with E-state index in [4.69, 9.17) is 0 Å². The van der Waals surface area contributed by atoms with Crippen molar-refractivity contribution < 1.29 is 4.79 Å². The molecule has 3 rings (SSSR count). The summed E-state index contributed by atoms with van der Waals surface area (Å²) in [5, 5.41) is 2.97. The lowest BCUT2D eigenvalue weighted by Crippen LogP contribution is -2.22. The fraction of sp³-hybridized carbons (Fsp3) is 0.300. The molecule has 25 heavy (non-hydrogen) atoms. The van der Waals surface area contributed by atoms with Crippen molar-refractivity contribution in [3.8, 4) is 0 Å². The zero-order valence-electron chi connectivity index (χ0n) is 15.2. The van der Waals surface area contributed by atoms with E-state index in [-0.39, 0.29) is 5.91 Å². The number of hydrogen-bond acceptors (Lipinski definition) is 3. The highest BCUT2D eigenvalue weighted by molar-refractivity contribution is 6.03. The maximum absolute atomic E-state index is 12.6. The quantitative estimate of drug-likeness (QED) is 0.765. The third kappa shape index (κ3) is 3.50. The van der Waals surface area contributed by atoms with Gasteiger partial charge in [0.2, 0.25) is 0 Å². The van der Waals surface area contributed by atoms with Crippen LogP contribution in [-0.2, 0) is 0 Å². The van der Waals surface area contributed by atoms with E-state index in [9.17, 15) is 4.79 Å². The van der Waals surface area contributed by atoms with Gasteiger partial charge in [0.15, 0.2) is 0 Å². The van der Waals surface area contributed by atoms with Crippen LogP contribution in [0.5, 0.6) is 0 Å². The summed E-state index contributed by atoms with van der Waals surface area (Å²) >= 11 is 0. The van der Waals surface area contributed by atoms with Gasteiger partial charge >= 0.3 is 0 Å². The lowest BCUT2D eigenvalue weighted by molar-refractivity contribution is 0.102. The summed E-state index contributed by atoms with van der Waals surface area (Å²) in [5.41, 5.74) is 5.33. The van der Waals surface area contributed by atoms with Crippen LogP contribution in [0, 0.1) is 13.8 Å². The number of rotatable bonds is 5. The first-order valence-electron chi connectivity index (χ1n) is 8.64. The van der Waals surface area contributed by atoms with Gasteiger partial charge in [0.1, 0.15) is 11.3 Å². The maximum atomic E-state index is 12.6. The number of nitrogens with zero attached hydrogens (tertiary/aromatic N) is 3. The molecule has 2 heterocycles. The Hall–Kier alpha value is -2.82. The van der Waals surface area contributed by atoms with E-state index < -0.39 is 0 Å². The van der Waals surface area contributed by atoms with E-state index in [1.54, 1.807) is 6.20 Å². The number of anilines is 2. The molecule has 0 aliphatic carbocycles. The highest BCUT2D eigenvalue weighted by Crippen LogP contribution is 2.23. The molecule has 0 radical (unpaired) electrons. The number of fused-ring (bicyclic) bond motifs is 1. The summed E-state index contributed by atoms with van der Waals surface area (Å²) in [7, 11) is 0. The molecule has 1 aromatic carbocycles. The molecule has 0 fully saturated rings. The van der Waals surface area contributed by atoms with Gasteiger partial charge in [-0.2, -0.15) is 0 Å². The Balaban J connectivity index is 1.82. The highest BCUT2D eigenvalue weighted by Gasteiger charge is 2.13. The summed E-state index contributed by atoms with van der Waals surface area (Å²) in [6.45, 7) is 10.2. The fourth-order valence-corrected chi connectivity index (χ4v) is 2.95. The van der Waals surface area contributed by atoms with Gasteiger partial charge in [-0.05, 0) is 69.2 Å². The molecule has 0 bridgehead atoms. The van der Waals surface area contributed by atoms with Crippen LogP contribution in [0.1, 0.15) is 35.5 Å². The Labute approximate surface area is 148 Å². The first-order chi connectivity index (χ1) is 12.0. The number of pyridine rings is 1. The number of carbonyl (C=O) groups excluding carboxylic acids is 1. The summed E-state index contributed by atoms with van der Waals surface area (Å²) in [6.07, 6.45) is 3.67. The van der Waals surface area contributed by atoms with Crippen molar-refractivity contribution in [1.29, 1.82) is 0 Å². The Morgan fingerprint density at radius 3 is 2.60 bits per heavy atom. The first-order valence-corrected chi connectivity index (χ1v) is 8.64. The fourth-order valence-electron chi connectivity index (χ4n) is 2.95. The topological polar surface area (TPSA) is 49.6 Å². The van der Waals surface area contributed by atoms with E-state index in [2.05, 4.69) is 35.1 Å². The average Bonchev–Trinajstić information content (AvgIpc) is 3.01. The number of hydrogen-bond donors (Lipinski definition) is 1. The molecule has 0 atom stereocenters. The van der Waals surface area contributed by atoms with Gasteiger partial charge in [-0.3, -0.25) is 4.79 Å². The second kappa shape index (κ2) is 6.97. The third-order valence-electron chi connectivity index (χ3n) is 4.44. The standard InChI is InChI=1S/C20H24N4O/c1-5-23(6-2)16-7-8-17(15(4)12-16)22-20(25)18-13-24-10-9-14(3)11-19(24)21-18/h7-13H,5-6H2,1-4H3,(H,22,25). The molecule has 5 heteroatoms. The van der Waals surface area contributed by atoms with Gasteiger partial charge in [-0.25, -0.2) is 4.98 Å². The van der Waals surface area contributed by atoms with Crippen LogP contribution in [0.25, 0.3) is 5.65 Å². The van der Waals surface area contributed by atoms with Gasteiger partial charge < -0.3 is 14.6 Å². The summed E-state index contributed by atoms with van der Waals surface area (Å²) in [5.74, 6) is -0.194. The number of aromatic nitrogens is 2. The summed E-state index contributed by atoms with van der Waals surface area (Å²) in [4.78, 5) is 19.2. The normalized spacial score (nSPS) is 10.9. The number of benzene rings is 1. The van der Waals surface area contributed by atoms with Crippen molar-refractivity contribution in [3.63, 3.8) is 0 Å². The zero-order chi connectivity index (χ0) is 18.0. The molecule has 130 valence electrons. The van der Waals surface area contributed by atoms with Crippen LogP contribution >= 0.6 is 0 Å². The predicted octanol–water partition coefficient (Wildman–Crippen LogP) is 4.05. The number of aryl methyl sites for hydroxylation is 2. The predicted molar refractivity (Wildman–Crippen MR) is 103 cm³/mol. The van der Waals surface area contributed by atoms with Crippen molar-refractivity contribution in [2.75, 3.05) is 23.3 Å². The minimum atomic E-state index is -0.194. The SMILES string of the molecule is CCN(CC)c1ccc(NC(=O)c2cn3ccc(C)cc3n2)c(C)c1. The zero-order valence-corrected chi connectivity index (χ0v) is 15.2. The van der Waals surface area contributed by atoms with Crippen LogP contribution < -0.4 is 10.2 Å². The molecule has 2 aromatic heterocycles. The molecule has 0 aliphatic heterocycles. The van der Waals surface area contributed by atoms with E-state index in [1.165, 1.54) is 5.69 Å². The molecular formula is C20H24N4O. The van der Waals surface area contributed by atoms with Crippen LogP contribution in [0.4, 0.5) is 11.4 Å². The Bertz CT molecular complexity index is 909. The number of carbonyl (C=O) groups is 1. The van der Waals surface area contributed by atoms with Gasteiger partial charge in [0, 0.05) is 36.9 Å². The molecule has 1 N–H and O–H groups in total. The van der Waals surface area contributed by atoms with E-state index in [0.29, 0.717) is 5.69 Å². The molecule has 1 amide bonds. The number of amides is 1. The molecule has 0 aliphatic rings. The Kier molecular flexibility index (Phi) is 4.74. The van der Waals surface area contributed by atoms with Gasteiger partial charge in [0.25, 0.3) is 5.91 Å². The largest absolute Gasteiger partial charge is 0.372 e. The molecule has 0 spiro atoms. The minimum Gasteiger partial charge on any atom is -0.372 e. The van der Waals surface area contributed by atoms with Crippen molar-refractivity contribution in [3.05, 3.63) is 59.5 Å². The van der Waals surface area contributed by atoms with Gasteiger partial charge in [0.05, 0.1) is 0 Å². The monoisotopic (exact) mass is 336 g/mol. The van der Waals surface area contributed by atoms with Crippen molar-refractivity contribution in [2.24, 2.45) is 0 Å². The molecular weight excluding hydrogens is 312 g/mol. The van der Waals surface area contributed by atoms with Crippen LogP contribution in [0.3, 0.4) is 0 Å². The van der Waals surface area contributed by atoms with E-state index in [1.807, 2.05) is 48.7 Å². The van der Waals surface area contributed by atoms with Crippen LogP contribution in [-0.4, -0.2) is 28.4 Å². The third-order valence-corrected chi connectivity index (χ3v) is 4.44. The first kappa shape index (κ1) is 17.0. The van der Waals surface area contributed by atoms with Crippen molar-refractivity contribution >= 4 is 22.9 Å². The molecule has 3 aromatic rings. The summed E-state index contributed by atoms with van der Waals surface area (Å²) < 4.78 is 1.86. The molecule has 0 unspecified atom stereocenters. The van der Waals surface area contributed by atoms with E-state index >= 15 is 0 Å². The molecule has 0 saturated heterocycles. The van der Waals surface area contributed by atoms with Crippen molar-refractivity contribution in [1.82, 2.24) is 9.38 Å². The highest BCUT2D eigenvalue weighted by atomic mass is 16.1. The maximum Gasteiger partial charge on any atom is 0.275 e. The average molecular weight is 336 g/mol. The summed E-state index contributed by atoms with van der Waals surface area (Å²) in [6, 6.07) is 10.1. The minimum absolute atomic E-state index is 0.194.